The molecule has 0 aromatic rings. The Morgan fingerprint density at radius 3 is 2.00 bits per heavy atom. The molecule has 0 unspecified atom stereocenters. The van der Waals surface area contributed by atoms with Crippen LogP contribution >= 0.6 is 7.75 Å². The molecule has 6 heteroatoms. The van der Waals surface area contributed by atoms with Crippen molar-refractivity contribution in [2.24, 2.45) is 0 Å². The van der Waals surface area contributed by atoms with Gasteiger partial charge in [0, 0.05) is 6.54 Å². The topological polar surface area (TPSA) is 55.8 Å². The Kier molecular flexibility index (Phi) is 7.01. The number of carbonyl (C=O) groups is 1. The number of rotatable bonds is 8. The van der Waals surface area contributed by atoms with Gasteiger partial charge in [-0.3, -0.25) is 9.05 Å². The molecule has 0 spiro atoms. The van der Waals surface area contributed by atoms with Crippen LogP contribution in [0.2, 0.25) is 0 Å². The molecule has 0 saturated carbocycles. The predicted molar refractivity (Wildman–Crippen MR) is 54.2 cm³/mol. The molecule has 0 atom stereocenters. The van der Waals surface area contributed by atoms with Crippen LogP contribution in [0.1, 0.15) is 20.8 Å². The first-order chi connectivity index (χ1) is 6.64. The van der Waals surface area contributed by atoms with Crippen molar-refractivity contribution in [1.82, 2.24) is 4.67 Å². The summed E-state index contributed by atoms with van der Waals surface area (Å²) in [6.07, 6.45) is 0.689. The molecule has 0 aromatic heterocycles. The molecule has 0 bridgehead atoms. The third-order valence-electron chi connectivity index (χ3n) is 1.58. The second-order valence-electron chi connectivity index (χ2n) is 2.48. The molecule has 0 radical (unpaired) electrons. The van der Waals surface area contributed by atoms with Crippen molar-refractivity contribution in [3.05, 3.63) is 0 Å². The van der Waals surface area contributed by atoms with Crippen molar-refractivity contribution in [2.45, 2.75) is 20.8 Å². The molecule has 0 saturated heterocycles. The molecule has 0 rings (SSSR count). The van der Waals surface area contributed by atoms with Crippen molar-refractivity contribution in [3.8, 4) is 0 Å². The van der Waals surface area contributed by atoms with Crippen LogP contribution in [0.15, 0.2) is 0 Å². The van der Waals surface area contributed by atoms with Crippen LogP contribution in [-0.2, 0) is 18.4 Å². The molecule has 0 aliphatic carbocycles. The number of hydrogen-bond donors (Lipinski definition) is 0. The summed E-state index contributed by atoms with van der Waals surface area (Å²) < 4.78 is 23.6. The molecule has 0 aliphatic heterocycles. The Labute approximate surface area is 85.0 Å². The van der Waals surface area contributed by atoms with E-state index in [1.54, 1.807) is 20.8 Å². The largest absolute Gasteiger partial charge is 0.408 e. The first-order valence-electron chi connectivity index (χ1n) is 4.72. The summed E-state index contributed by atoms with van der Waals surface area (Å²) in [7, 11) is -3.24. The van der Waals surface area contributed by atoms with Gasteiger partial charge in [-0.15, -0.1) is 0 Å². The molecule has 14 heavy (non-hydrogen) atoms. The smallest absolute Gasteiger partial charge is 0.302 e. The van der Waals surface area contributed by atoms with Gasteiger partial charge in [0.2, 0.25) is 0 Å². The third kappa shape index (κ3) is 3.88. The van der Waals surface area contributed by atoms with Crippen molar-refractivity contribution >= 4 is 14.0 Å². The Bertz CT molecular complexity index is 200. The molecule has 0 aliphatic rings. The molecular formula is C8H18NO4P. The average Bonchev–Trinajstić information content (AvgIpc) is 2.14. The van der Waals surface area contributed by atoms with E-state index in [4.69, 9.17) is 9.05 Å². The van der Waals surface area contributed by atoms with Gasteiger partial charge in [-0.25, -0.2) is 9.24 Å². The van der Waals surface area contributed by atoms with E-state index in [2.05, 4.69) is 0 Å². The lowest BCUT2D eigenvalue weighted by Gasteiger charge is -2.26. The number of likely N-dealkylation sites (N-methyl/N-ethyl adjacent to an activating group) is 1. The number of aldehydes is 1. The number of nitrogens with zero attached hydrogens (tertiary/aromatic N) is 1. The molecule has 0 fully saturated rings. The third-order valence-corrected chi connectivity index (χ3v) is 3.89. The second kappa shape index (κ2) is 7.12. The standard InChI is InChI=1S/C8H18NO4P/c1-4-9(7-8-10)14(11,12-5-2)13-6-3/h8H,4-7H2,1-3H3. The summed E-state index contributed by atoms with van der Waals surface area (Å²) in [6.45, 7) is 6.39. The lowest BCUT2D eigenvalue weighted by molar-refractivity contribution is -0.108. The highest BCUT2D eigenvalue weighted by Gasteiger charge is 2.31. The zero-order valence-corrected chi connectivity index (χ0v) is 9.83. The van der Waals surface area contributed by atoms with Crippen LogP contribution in [0.3, 0.4) is 0 Å². The molecule has 84 valence electrons. The minimum absolute atomic E-state index is 0.0633. The van der Waals surface area contributed by atoms with Crippen molar-refractivity contribution in [2.75, 3.05) is 26.3 Å². The molecule has 5 nitrogen and oxygen atoms in total. The Hall–Kier alpha value is -0.220. The first-order valence-corrected chi connectivity index (χ1v) is 6.22. The number of hydrogen-bond acceptors (Lipinski definition) is 4. The zero-order chi connectivity index (χ0) is 11.0. The minimum Gasteiger partial charge on any atom is -0.302 e. The molecule has 0 aromatic carbocycles. The lowest BCUT2D eigenvalue weighted by Crippen LogP contribution is -2.24. The lowest BCUT2D eigenvalue weighted by atomic mass is 10.6. The summed E-state index contributed by atoms with van der Waals surface area (Å²) in [5.41, 5.74) is 0. The first kappa shape index (κ1) is 13.8. The van der Waals surface area contributed by atoms with E-state index >= 15 is 0 Å². The van der Waals surface area contributed by atoms with Crippen LogP contribution in [0, 0.1) is 0 Å². The fourth-order valence-electron chi connectivity index (χ4n) is 1.02. The Morgan fingerprint density at radius 1 is 1.21 bits per heavy atom. The van der Waals surface area contributed by atoms with E-state index in [0.717, 1.165) is 0 Å². The van der Waals surface area contributed by atoms with E-state index < -0.39 is 7.75 Å². The van der Waals surface area contributed by atoms with Crippen LogP contribution < -0.4 is 0 Å². The van der Waals surface area contributed by atoms with Crippen LogP contribution in [-0.4, -0.2) is 37.3 Å². The normalized spacial score (nSPS) is 12.0. The van der Waals surface area contributed by atoms with Gasteiger partial charge in [-0.05, 0) is 13.8 Å². The van der Waals surface area contributed by atoms with Gasteiger partial charge < -0.3 is 4.79 Å². The quantitative estimate of drug-likeness (QED) is 0.463. The van der Waals surface area contributed by atoms with Crippen LogP contribution in [0.4, 0.5) is 0 Å². The van der Waals surface area contributed by atoms with E-state index in [0.29, 0.717) is 26.0 Å². The van der Waals surface area contributed by atoms with Crippen LogP contribution in [0.5, 0.6) is 0 Å². The summed E-state index contributed by atoms with van der Waals surface area (Å²) >= 11 is 0. The van der Waals surface area contributed by atoms with Gasteiger partial charge in [0.05, 0.1) is 19.8 Å². The fourth-order valence-corrected chi connectivity index (χ4v) is 2.68. The summed E-state index contributed by atoms with van der Waals surface area (Å²) in [5, 5.41) is 0. The zero-order valence-electron chi connectivity index (χ0n) is 8.93. The van der Waals surface area contributed by atoms with E-state index in [1.165, 1.54) is 4.67 Å². The summed E-state index contributed by atoms with van der Waals surface area (Å²) in [5.74, 6) is 0. The average molecular weight is 223 g/mol. The van der Waals surface area contributed by atoms with Crippen molar-refractivity contribution in [1.29, 1.82) is 0 Å². The van der Waals surface area contributed by atoms with Gasteiger partial charge in [0.1, 0.15) is 6.29 Å². The Balaban J connectivity index is 4.56. The van der Waals surface area contributed by atoms with Crippen molar-refractivity contribution in [3.63, 3.8) is 0 Å². The van der Waals surface area contributed by atoms with Gasteiger partial charge in [0.15, 0.2) is 0 Å². The maximum Gasteiger partial charge on any atom is 0.408 e. The SMILES string of the molecule is CCOP(=O)(OCC)N(CC)CC=O. The fraction of sp³-hybridized carbons (Fsp3) is 0.875. The Morgan fingerprint density at radius 2 is 1.71 bits per heavy atom. The number of carbonyl (C=O) groups excluding carboxylic acids is 1. The van der Waals surface area contributed by atoms with Gasteiger partial charge >= 0.3 is 7.75 Å². The highest BCUT2D eigenvalue weighted by molar-refractivity contribution is 7.51. The maximum atomic E-state index is 12.1. The van der Waals surface area contributed by atoms with Gasteiger partial charge in [-0.1, -0.05) is 6.92 Å². The molecule has 0 N–H and O–H groups in total. The summed E-state index contributed by atoms with van der Waals surface area (Å²) in [6, 6.07) is 0. The van der Waals surface area contributed by atoms with E-state index in [-0.39, 0.29) is 6.54 Å². The van der Waals surface area contributed by atoms with Crippen molar-refractivity contribution < 1.29 is 18.4 Å². The van der Waals surface area contributed by atoms with Gasteiger partial charge in [-0.2, -0.15) is 0 Å². The van der Waals surface area contributed by atoms with E-state index in [9.17, 15) is 9.36 Å². The molecular weight excluding hydrogens is 205 g/mol. The second-order valence-corrected chi connectivity index (χ2v) is 4.50. The molecule has 0 amide bonds. The summed E-state index contributed by atoms with van der Waals surface area (Å²) in [4.78, 5) is 10.4. The monoisotopic (exact) mass is 223 g/mol. The minimum atomic E-state index is -3.24. The van der Waals surface area contributed by atoms with E-state index in [1.807, 2.05) is 0 Å². The molecule has 0 heterocycles. The van der Waals surface area contributed by atoms with Gasteiger partial charge in [0.25, 0.3) is 0 Å². The maximum absolute atomic E-state index is 12.1. The highest BCUT2D eigenvalue weighted by atomic mass is 31.2. The highest BCUT2D eigenvalue weighted by Crippen LogP contribution is 2.51. The predicted octanol–water partition coefficient (Wildman–Crippen LogP) is 1.69. The van der Waals surface area contributed by atoms with Crippen LogP contribution in [0.25, 0.3) is 0 Å².